The summed E-state index contributed by atoms with van der Waals surface area (Å²) in [5.41, 5.74) is 2.44. The summed E-state index contributed by atoms with van der Waals surface area (Å²) in [6, 6.07) is 9.03. The predicted molar refractivity (Wildman–Crippen MR) is 98.1 cm³/mol. The standard InChI is InChI=1S/C18H25N3S/c1-4-5-6-9-12-19-18-20-16-14-10-7-8-11-15(14)21(13(2)3)17(16)22-18/h7-8,10-11,13H,4-6,9,12H2,1-3H3,(H,19,20). The topological polar surface area (TPSA) is 29.9 Å². The summed E-state index contributed by atoms with van der Waals surface area (Å²) in [5, 5.41) is 5.83. The van der Waals surface area contributed by atoms with Crippen LogP contribution in [0.5, 0.6) is 0 Å². The first-order valence-corrected chi connectivity index (χ1v) is 9.17. The summed E-state index contributed by atoms with van der Waals surface area (Å²) in [7, 11) is 0. The Kier molecular flexibility index (Phi) is 4.67. The molecular formula is C18H25N3S. The molecule has 0 radical (unpaired) electrons. The van der Waals surface area contributed by atoms with E-state index in [9.17, 15) is 0 Å². The minimum Gasteiger partial charge on any atom is -0.361 e. The lowest BCUT2D eigenvalue weighted by Gasteiger charge is -2.09. The Balaban J connectivity index is 1.88. The molecule has 1 N–H and O–H groups in total. The molecule has 0 unspecified atom stereocenters. The van der Waals surface area contributed by atoms with Crippen LogP contribution in [0.4, 0.5) is 5.13 Å². The summed E-state index contributed by atoms with van der Waals surface area (Å²) >= 11 is 1.78. The zero-order chi connectivity index (χ0) is 15.5. The number of rotatable bonds is 7. The summed E-state index contributed by atoms with van der Waals surface area (Å²) in [6.45, 7) is 7.75. The molecule has 0 saturated heterocycles. The number of thiazole rings is 1. The Labute approximate surface area is 136 Å². The van der Waals surface area contributed by atoms with Crippen molar-refractivity contribution in [2.75, 3.05) is 11.9 Å². The minimum atomic E-state index is 0.445. The van der Waals surface area contributed by atoms with Crippen LogP contribution in [0, 0.1) is 0 Å². The molecule has 22 heavy (non-hydrogen) atoms. The molecule has 0 fully saturated rings. The van der Waals surface area contributed by atoms with Crippen molar-refractivity contribution >= 4 is 37.7 Å². The number of anilines is 1. The molecule has 2 heterocycles. The molecule has 0 aliphatic rings. The fourth-order valence-electron chi connectivity index (χ4n) is 2.98. The van der Waals surface area contributed by atoms with Crippen molar-refractivity contribution < 1.29 is 0 Å². The van der Waals surface area contributed by atoms with E-state index in [0.717, 1.165) is 17.2 Å². The molecule has 2 aromatic heterocycles. The van der Waals surface area contributed by atoms with Gasteiger partial charge in [-0.1, -0.05) is 55.7 Å². The number of nitrogens with zero attached hydrogens (tertiary/aromatic N) is 2. The van der Waals surface area contributed by atoms with Crippen LogP contribution >= 0.6 is 11.3 Å². The first-order valence-electron chi connectivity index (χ1n) is 8.35. The molecule has 3 rings (SSSR count). The highest BCUT2D eigenvalue weighted by atomic mass is 32.1. The van der Waals surface area contributed by atoms with Crippen molar-refractivity contribution in [2.45, 2.75) is 52.5 Å². The average Bonchev–Trinajstić information content (AvgIpc) is 3.03. The maximum Gasteiger partial charge on any atom is 0.185 e. The number of hydrogen-bond donors (Lipinski definition) is 1. The van der Waals surface area contributed by atoms with E-state index in [-0.39, 0.29) is 0 Å². The van der Waals surface area contributed by atoms with Crippen molar-refractivity contribution in [2.24, 2.45) is 0 Å². The zero-order valence-corrected chi connectivity index (χ0v) is 14.5. The van der Waals surface area contributed by atoms with Crippen LogP contribution in [0.25, 0.3) is 21.3 Å². The second kappa shape index (κ2) is 6.69. The highest BCUT2D eigenvalue weighted by Crippen LogP contribution is 2.36. The molecule has 0 amide bonds. The molecule has 118 valence electrons. The Morgan fingerprint density at radius 3 is 2.77 bits per heavy atom. The third-order valence-corrected chi connectivity index (χ3v) is 5.08. The lowest BCUT2D eigenvalue weighted by molar-refractivity contribution is 0.645. The highest BCUT2D eigenvalue weighted by molar-refractivity contribution is 7.22. The number of fused-ring (bicyclic) bond motifs is 3. The van der Waals surface area contributed by atoms with E-state index in [1.807, 2.05) is 0 Å². The second-order valence-electron chi connectivity index (χ2n) is 6.14. The van der Waals surface area contributed by atoms with Gasteiger partial charge in [-0.25, -0.2) is 4.98 Å². The van der Waals surface area contributed by atoms with Crippen molar-refractivity contribution in [3.63, 3.8) is 0 Å². The zero-order valence-electron chi connectivity index (χ0n) is 13.7. The monoisotopic (exact) mass is 315 g/mol. The first-order chi connectivity index (χ1) is 10.7. The molecule has 0 atom stereocenters. The summed E-state index contributed by atoms with van der Waals surface area (Å²) in [4.78, 5) is 6.13. The van der Waals surface area contributed by atoms with E-state index < -0.39 is 0 Å². The van der Waals surface area contributed by atoms with Crippen LogP contribution in [-0.4, -0.2) is 16.1 Å². The van der Waals surface area contributed by atoms with Gasteiger partial charge in [0.2, 0.25) is 0 Å². The Hall–Kier alpha value is -1.55. The predicted octanol–water partition coefficient (Wildman–Crippen LogP) is 5.82. The minimum absolute atomic E-state index is 0.445. The van der Waals surface area contributed by atoms with Crippen LogP contribution in [-0.2, 0) is 0 Å². The molecule has 3 aromatic rings. The second-order valence-corrected chi connectivity index (χ2v) is 7.12. The van der Waals surface area contributed by atoms with E-state index in [1.54, 1.807) is 11.3 Å². The van der Waals surface area contributed by atoms with Crippen molar-refractivity contribution in [1.29, 1.82) is 0 Å². The molecule has 0 aliphatic heterocycles. The van der Waals surface area contributed by atoms with Gasteiger partial charge in [0.1, 0.15) is 10.3 Å². The van der Waals surface area contributed by atoms with Crippen LogP contribution in [0.15, 0.2) is 24.3 Å². The van der Waals surface area contributed by atoms with Crippen LogP contribution in [0.2, 0.25) is 0 Å². The van der Waals surface area contributed by atoms with Gasteiger partial charge in [-0.3, -0.25) is 0 Å². The van der Waals surface area contributed by atoms with E-state index in [4.69, 9.17) is 4.98 Å². The molecule has 3 nitrogen and oxygen atoms in total. The highest BCUT2D eigenvalue weighted by Gasteiger charge is 2.16. The van der Waals surface area contributed by atoms with Gasteiger partial charge in [0, 0.05) is 18.0 Å². The van der Waals surface area contributed by atoms with Gasteiger partial charge in [-0.15, -0.1) is 0 Å². The normalized spacial score (nSPS) is 11.8. The van der Waals surface area contributed by atoms with Crippen LogP contribution in [0.1, 0.15) is 52.5 Å². The van der Waals surface area contributed by atoms with Crippen molar-refractivity contribution in [1.82, 2.24) is 9.55 Å². The fraction of sp³-hybridized carbons (Fsp3) is 0.500. The molecule has 0 bridgehead atoms. The first kappa shape index (κ1) is 15.3. The third-order valence-electron chi connectivity index (χ3n) is 4.07. The molecular weight excluding hydrogens is 290 g/mol. The van der Waals surface area contributed by atoms with E-state index in [0.29, 0.717) is 6.04 Å². The van der Waals surface area contributed by atoms with Crippen LogP contribution in [0.3, 0.4) is 0 Å². The average molecular weight is 315 g/mol. The Bertz CT molecular complexity index is 754. The summed E-state index contributed by atoms with van der Waals surface area (Å²) in [6.07, 6.45) is 5.13. The fourth-order valence-corrected chi connectivity index (χ4v) is 4.13. The molecule has 0 aliphatic carbocycles. The maximum absolute atomic E-state index is 4.85. The molecule has 1 aromatic carbocycles. The van der Waals surface area contributed by atoms with Crippen LogP contribution < -0.4 is 5.32 Å². The Morgan fingerprint density at radius 2 is 2.00 bits per heavy atom. The van der Waals surface area contributed by atoms with Gasteiger partial charge in [0.05, 0.1) is 5.52 Å². The smallest absolute Gasteiger partial charge is 0.185 e. The Morgan fingerprint density at radius 1 is 1.18 bits per heavy atom. The number of benzene rings is 1. The molecule has 4 heteroatoms. The molecule has 0 spiro atoms. The number of unbranched alkanes of at least 4 members (excludes halogenated alkanes) is 3. The largest absolute Gasteiger partial charge is 0.361 e. The maximum atomic E-state index is 4.85. The van der Waals surface area contributed by atoms with Gasteiger partial charge in [-0.05, 0) is 26.3 Å². The SMILES string of the molecule is CCCCCCNc1nc2c3ccccc3n(C(C)C)c2s1. The van der Waals surface area contributed by atoms with Gasteiger partial charge in [-0.2, -0.15) is 0 Å². The number of hydrogen-bond acceptors (Lipinski definition) is 3. The number of para-hydroxylation sites is 1. The third kappa shape index (κ3) is 2.84. The van der Waals surface area contributed by atoms with E-state index in [1.165, 1.54) is 41.4 Å². The van der Waals surface area contributed by atoms with Gasteiger partial charge >= 0.3 is 0 Å². The number of aromatic nitrogens is 2. The van der Waals surface area contributed by atoms with Crippen molar-refractivity contribution in [3.8, 4) is 0 Å². The number of nitrogens with one attached hydrogen (secondary N) is 1. The molecule has 0 saturated carbocycles. The van der Waals surface area contributed by atoms with Gasteiger partial charge < -0.3 is 9.88 Å². The lowest BCUT2D eigenvalue weighted by atomic mass is 10.2. The summed E-state index contributed by atoms with van der Waals surface area (Å²) in [5.74, 6) is 0. The van der Waals surface area contributed by atoms with E-state index in [2.05, 4.69) is 54.9 Å². The summed E-state index contributed by atoms with van der Waals surface area (Å²) < 4.78 is 2.41. The lowest BCUT2D eigenvalue weighted by Crippen LogP contribution is -2.01. The van der Waals surface area contributed by atoms with Gasteiger partial charge in [0.25, 0.3) is 0 Å². The van der Waals surface area contributed by atoms with Crippen molar-refractivity contribution in [3.05, 3.63) is 24.3 Å². The quantitative estimate of drug-likeness (QED) is 0.556. The van der Waals surface area contributed by atoms with E-state index >= 15 is 0 Å². The van der Waals surface area contributed by atoms with Gasteiger partial charge in [0.15, 0.2) is 5.13 Å².